The second-order valence-corrected chi connectivity index (χ2v) is 7.15. The zero-order chi connectivity index (χ0) is 18.9. The predicted molar refractivity (Wildman–Crippen MR) is 105 cm³/mol. The van der Waals surface area contributed by atoms with Gasteiger partial charge in [-0.2, -0.15) is 5.26 Å². The molecule has 0 aromatic heterocycles. The van der Waals surface area contributed by atoms with Crippen LogP contribution in [0.5, 0.6) is 0 Å². The van der Waals surface area contributed by atoms with Crippen LogP contribution in [0, 0.1) is 17.2 Å². The van der Waals surface area contributed by atoms with Crippen LogP contribution in [-0.2, 0) is 11.3 Å². The van der Waals surface area contributed by atoms with Crippen LogP contribution in [-0.4, -0.2) is 12.1 Å². The van der Waals surface area contributed by atoms with E-state index in [1.54, 1.807) is 0 Å². The van der Waals surface area contributed by atoms with E-state index in [4.69, 9.17) is 4.74 Å². The fraction of sp³-hybridized carbons (Fsp3) is 0.391. The average molecular weight is 362 g/mol. The van der Waals surface area contributed by atoms with Crippen LogP contribution in [0.25, 0.3) is 0 Å². The van der Waals surface area contributed by atoms with Crippen LogP contribution < -0.4 is 5.32 Å². The van der Waals surface area contributed by atoms with Crippen molar-refractivity contribution in [3.05, 3.63) is 71.8 Å². The van der Waals surface area contributed by atoms with Crippen molar-refractivity contribution < 1.29 is 9.53 Å². The van der Waals surface area contributed by atoms with Crippen molar-refractivity contribution in [2.24, 2.45) is 5.92 Å². The Morgan fingerprint density at radius 1 is 1.04 bits per heavy atom. The molecule has 1 saturated carbocycles. The highest BCUT2D eigenvalue weighted by Crippen LogP contribution is 2.33. The number of alkyl carbamates (subject to hydrolysis) is 1. The molecule has 0 unspecified atom stereocenters. The first-order valence-electron chi connectivity index (χ1n) is 9.69. The van der Waals surface area contributed by atoms with Crippen molar-refractivity contribution in [3.8, 4) is 6.07 Å². The minimum atomic E-state index is -0.453. The zero-order valence-corrected chi connectivity index (χ0v) is 15.5. The van der Waals surface area contributed by atoms with Gasteiger partial charge in [0.05, 0.1) is 18.0 Å². The number of nitrogens with zero attached hydrogens (tertiary/aromatic N) is 1. The molecular weight excluding hydrogens is 336 g/mol. The molecule has 1 aliphatic rings. The van der Waals surface area contributed by atoms with Gasteiger partial charge in [0.25, 0.3) is 0 Å². The van der Waals surface area contributed by atoms with Gasteiger partial charge >= 0.3 is 6.09 Å². The lowest BCUT2D eigenvalue weighted by molar-refractivity contribution is 0.127. The first-order chi connectivity index (χ1) is 13.3. The molecule has 3 rings (SSSR count). The number of carbonyl (C=O) groups excluding carboxylic acids is 1. The second-order valence-electron chi connectivity index (χ2n) is 7.15. The van der Waals surface area contributed by atoms with Crippen LogP contribution in [0.2, 0.25) is 0 Å². The van der Waals surface area contributed by atoms with Gasteiger partial charge < -0.3 is 10.1 Å². The molecule has 1 fully saturated rings. The van der Waals surface area contributed by atoms with Crippen LogP contribution >= 0.6 is 0 Å². The Bertz CT molecular complexity index is 749. The molecule has 140 valence electrons. The normalized spacial score (nSPS) is 16.7. The predicted octanol–water partition coefficient (Wildman–Crippen LogP) is 5.17. The van der Waals surface area contributed by atoms with E-state index in [0.717, 1.165) is 36.8 Å². The number of hydrogen-bond donors (Lipinski definition) is 1. The summed E-state index contributed by atoms with van der Waals surface area (Å²) in [4.78, 5) is 12.5. The van der Waals surface area contributed by atoms with Gasteiger partial charge in [0.2, 0.25) is 0 Å². The van der Waals surface area contributed by atoms with E-state index >= 15 is 0 Å². The maximum absolute atomic E-state index is 12.5. The largest absolute Gasteiger partial charge is 0.445 e. The number of hydrogen-bond acceptors (Lipinski definition) is 3. The molecule has 2 aromatic carbocycles. The van der Waals surface area contributed by atoms with E-state index in [0.29, 0.717) is 5.92 Å². The number of rotatable bonds is 6. The third kappa shape index (κ3) is 5.34. The van der Waals surface area contributed by atoms with Crippen LogP contribution in [0.1, 0.15) is 49.1 Å². The van der Waals surface area contributed by atoms with E-state index in [1.165, 1.54) is 6.42 Å². The quantitative estimate of drug-likeness (QED) is 0.771. The lowest BCUT2D eigenvalue weighted by Crippen LogP contribution is -2.45. The molecule has 0 saturated heterocycles. The molecule has 0 bridgehead atoms. The van der Waals surface area contributed by atoms with Crippen molar-refractivity contribution in [2.45, 2.75) is 50.7 Å². The number of amides is 1. The molecule has 0 spiro atoms. The Morgan fingerprint density at radius 2 is 1.67 bits per heavy atom. The molecule has 1 amide bonds. The minimum absolute atomic E-state index is 0.229. The Kier molecular flexibility index (Phi) is 6.87. The molecule has 2 aromatic rings. The van der Waals surface area contributed by atoms with Crippen molar-refractivity contribution in [1.29, 1.82) is 5.26 Å². The van der Waals surface area contributed by atoms with Gasteiger partial charge in [0.1, 0.15) is 6.61 Å². The Labute approximate surface area is 161 Å². The van der Waals surface area contributed by atoms with Crippen molar-refractivity contribution >= 4 is 6.09 Å². The van der Waals surface area contributed by atoms with E-state index < -0.39 is 6.09 Å². The smallest absolute Gasteiger partial charge is 0.407 e. The summed E-state index contributed by atoms with van der Waals surface area (Å²) in [6.07, 6.45) is 5.14. The first-order valence-corrected chi connectivity index (χ1v) is 9.69. The zero-order valence-electron chi connectivity index (χ0n) is 15.5. The standard InChI is InChI=1S/C23H26N2O2/c24-16-21(19-12-6-2-7-13-19)22(20-14-8-3-9-15-20)25-23(26)27-17-18-10-4-1-5-11-18/h1-2,4-7,10-13,20-22H,3,8-9,14-15,17H2,(H,25,26)/t21-,22+/m0/s1. The molecule has 27 heavy (non-hydrogen) atoms. The molecule has 4 heteroatoms. The van der Waals surface area contributed by atoms with Gasteiger partial charge in [-0.3, -0.25) is 0 Å². The summed E-state index contributed by atoms with van der Waals surface area (Å²) in [5, 5.41) is 12.9. The fourth-order valence-electron chi connectivity index (χ4n) is 3.89. The molecule has 0 heterocycles. The van der Waals surface area contributed by atoms with Gasteiger partial charge in [0.15, 0.2) is 0 Å². The molecule has 1 N–H and O–H groups in total. The number of ether oxygens (including phenoxy) is 1. The fourth-order valence-corrected chi connectivity index (χ4v) is 3.89. The van der Waals surface area contributed by atoms with Crippen LogP contribution in [0.4, 0.5) is 4.79 Å². The molecule has 0 aliphatic heterocycles. The van der Waals surface area contributed by atoms with Gasteiger partial charge in [-0.05, 0) is 29.9 Å². The van der Waals surface area contributed by atoms with Crippen molar-refractivity contribution in [3.63, 3.8) is 0 Å². The Balaban J connectivity index is 1.71. The molecular formula is C23H26N2O2. The number of benzene rings is 2. The van der Waals surface area contributed by atoms with E-state index in [2.05, 4.69) is 11.4 Å². The summed E-state index contributed by atoms with van der Waals surface area (Å²) in [6.45, 7) is 0.229. The summed E-state index contributed by atoms with van der Waals surface area (Å²) < 4.78 is 5.42. The Morgan fingerprint density at radius 3 is 2.30 bits per heavy atom. The van der Waals surface area contributed by atoms with Crippen molar-refractivity contribution in [1.82, 2.24) is 5.32 Å². The summed E-state index contributed by atoms with van der Waals surface area (Å²) in [6, 6.07) is 21.5. The van der Waals surface area contributed by atoms with Gasteiger partial charge in [0, 0.05) is 0 Å². The second kappa shape index (κ2) is 9.78. The monoisotopic (exact) mass is 362 g/mol. The van der Waals surface area contributed by atoms with E-state index in [-0.39, 0.29) is 18.6 Å². The third-order valence-corrected chi connectivity index (χ3v) is 5.31. The minimum Gasteiger partial charge on any atom is -0.445 e. The summed E-state index contributed by atoms with van der Waals surface area (Å²) in [7, 11) is 0. The lowest BCUT2D eigenvalue weighted by Gasteiger charge is -2.33. The number of nitriles is 1. The van der Waals surface area contributed by atoms with Crippen molar-refractivity contribution in [2.75, 3.05) is 0 Å². The topological polar surface area (TPSA) is 62.1 Å². The first kappa shape index (κ1) is 19.0. The highest BCUT2D eigenvalue weighted by atomic mass is 16.5. The van der Waals surface area contributed by atoms with Gasteiger partial charge in [-0.15, -0.1) is 0 Å². The van der Waals surface area contributed by atoms with Gasteiger partial charge in [-0.25, -0.2) is 4.79 Å². The average Bonchev–Trinajstić information content (AvgIpc) is 2.74. The van der Waals surface area contributed by atoms with Crippen LogP contribution in [0.3, 0.4) is 0 Å². The maximum atomic E-state index is 12.5. The number of nitrogens with one attached hydrogen (secondary N) is 1. The summed E-state index contributed by atoms with van der Waals surface area (Å²) in [5.41, 5.74) is 1.89. The van der Waals surface area contributed by atoms with Gasteiger partial charge in [-0.1, -0.05) is 79.9 Å². The molecule has 0 radical (unpaired) electrons. The highest BCUT2D eigenvalue weighted by Gasteiger charge is 2.33. The Hall–Kier alpha value is -2.80. The lowest BCUT2D eigenvalue weighted by atomic mass is 9.77. The third-order valence-electron chi connectivity index (χ3n) is 5.31. The summed E-state index contributed by atoms with van der Waals surface area (Å²) >= 11 is 0. The SMILES string of the molecule is N#C[C@@H](c1ccccc1)[C@H](NC(=O)OCc1ccccc1)C1CCCCC1. The molecule has 4 nitrogen and oxygen atoms in total. The number of carbonyl (C=O) groups is 1. The van der Waals surface area contributed by atoms with E-state index in [9.17, 15) is 10.1 Å². The van der Waals surface area contributed by atoms with Crippen LogP contribution in [0.15, 0.2) is 60.7 Å². The molecule has 2 atom stereocenters. The van der Waals surface area contributed by atoms with E-state index in [1.807, 2.05) is 60.7 Å². The molecule has 1 aliphatic carbocycles. The highest BCUT2D eigenvalue weighted by molar-refractivity contribution is 5.68. The summed E-state index contributed by atoms with van der Waals surface area (Å²) in [5.74, 6) is -0.0774. The maximum Gasteiger partial charge on any atom is 0.407 e.